The van der Waals surface area contributed by atoms with Gasteiger partial charge in [-0.25, -0.2) is 0 Å². The van der Waals surface area contributed by atoms with Crippen LogP contribution < -0.4 is 0 Å². The monoisotopic (exact) mass is 319 g/mol. The highest BCUT2D eigenvalue weighted by Crippen LogP contribution is 2.34. The summed E-state index contributed by atoms with van der Waals surface area (Å²) >= 11 is 9.86. The largest absolute Gasteiger partial charge is 0.302 e. The normalized spacial score (nSPS) is 24.1. The predicted molar refractivity (Wildman–Crippen MR) is 74.7 cm³/mol. The third-order valence-corrected chi connectivity index (χ3v) is 4.67. The zero-order valence-electron chi connectivity index (χ0n) is 10.6. The molecule has 1 fully saturated rings. The Labute approximate surface area is 116 Å². The van der Waals surface area contributed by atoms with Crippen LogP contribution in [0.1, 0.15) is 24.1 Å². The quantitative estimate of drug-likeness (QED) is 0.795. The number of aromatic nitrogens is 2. The first kappa shape index (κ1) is 13.4. The third-order valence-electron chi connectivity index (χ3n) is 3.45. The van der Waals surface area contributed by atoms with Crippen LogP contribution >= 0.6 is 27.5 Å². The van der Waals surface area contributed by atoms with E-state index in [2.05, 4.69) is 33.0 Å². The van der Waals surface area contributed by atoms with Gasteiger partial charge in [-0.3, -0.25) is 4.68 Å². The van der Waals surface area contributed by atoms with Gasteiger partial charge in [0.25, 0.3) is 0 Å². The van der Waals surface area contributed by atoms with Gasteiger partial charge in [-0.15, -0.1) is 0 Å². The van der Waals surface area contributed by atoms with Gasteiger partial charge < -0.3 is 4.90 Å². The van der Waals surface area contributed by atoms with E-state index in [1.807, 2.05) is 14.0 Å². The van der Waals surface area contributed by atoms with E-state index < -0.39 is 0 Å². The number of alkyl halides is 1. The fraction of sp³-hybridized carbons (Fsp3) is 0.750. The maximum absolute atomic E-state index is 6.23. The number of rotatable bonds is 4. The van der Waals surface area contributed by atoms with Crippen molar-refractivity contribution in [3.8, 4) is 0 Å². The standard InChI is InChI=1S/C12H19BrClN3/c1-8-11(12(14)17(3)15-8)7-16(2)6-9-4-10(13)5-9/h9-10H,4-7H2,1-3H3. The maximum Gasteiger partial charge on any atom is 0.131 e. The van der Waals surface area contributed by atoms with E-state index in [-0.39, 0.29) is 0 Å². The molecule has 0 spiro atoms. The third kappa shape index (κ3) is 3.04. The summed E-state index contributed by atoms with van der Waals surface area (Å²) in [7, 11) is 4.05. The van der Waals surface area contributed by atoms with Crippen LogP contribution in [0.2, 0.25) is 5.15 Å². The van der Waals surface area contributed by atoms with E-state index >= 15 is 0 Å². The Morgan fingerprint density at radius 2 is 2.18 bits per heavy atom. The molecule has 0 aromatic carbocycles. The Morgan fingerprint density at radius 1 is 1.53 bits per heavy atom. The van der Waals surface area contributed by atoms with Crippen molar-refractivity contribution < 1.29 is 0 Å². The van der Waals surface area contributed by atoms with Crippen molar-refractivity contribution in [1.29, 1.82) is 0 Å². The zero-order chi connectivity index (χ0) is 12.6. The van der Waals surface area contributed by atoms with Crippen molar-refractivity contribution in [2.75, 3.05) is 13.6 Å². The van der Waals surface area contributed by atoms with Crippen molar-refractivity contribution in [3.05, 3.63) is 16.4 Å². The number of hydrogen-bond acceptors (Lipinski definition) is 2. The molecule has 96 valence electrons. The molecule has 0 unspecified atom stereocenters. The molecule has 0 radical (unpaired) electrons. The highest BCUT2D eigenvalue weighted by Gasteiger charge is 2.27. The minimum Gasteiger partial charge on any atom is -0.302 e. The van der Waals surface area contributed by atoms with Crippen molar-refractivity contribution in [2.45, 2.75) is 31.1 Å². The number of halogens is 2. The number of nitrogens with zero attached hydrogens (tertiary/aromatic N) is 3. The Morgan fingerprint density at radius 3 is 2.65 bits per heavy atom. The molecule has 1 saturated carbocycles. The lowest BCUT2D eigenvalue weighted by Gasteiger charge is -2.34. The van der Waals surface area contributed by atoms with Gasteiger partial charge in [-0.1, -0.05) is 27.5 Å². The van der Waals surface area contributed by atoms with Crippen LogP contribution in [-0.4, -0.2) is 33.1 Å². The second kappa shape index (κ2) is 5.29. The van der Waals surface area contributed by atoms with Crippen LogP contribution in [-0.2, 0) is 13.6 Å². The second-order valence-electron chi connectivity index (χ2n) is 5.11. The molecular weight excluding hydrogens is 302 g/mol. The van der Waals surface area contributed by atoms with Crippen LogP contribution in [0.15, 0.2) is 0 Å². The van der Waals surface area contributed by atoms with Crippen molar-refractivity contribution in [3.63, 3.8) is 0 Å². The maximum atomic E-state index is 6.23. The fourth-order valence-electron chi connectivity index (χ4n) is 2.43. The first-order valence-electron chi connectivity index (χ1n) is 5.98. The zero-order valence-corrected chi connectivity index (χ0v) is 12.9. The van der Waals surface area contributed by atoms with Gasteiger partial charge in [0.2, 0.25) is 0 Å². The van der Waals surface area contributed by atoms with E-state index in [0.29, 0.717) is 0 Å². The molecule has 0 saturated heterocycles. The SMILES string of the molecule is Cc1nn(C)c(Cl)c1CN(C)CC1CC(Br)C1. The van der Waals surface area contributed by atoms with Gasteiger partial charge in [0.05, 0.1) is 5.69 Å². The second-order valence-corrected chi connectivity index (χ2v) is 6.76. The smallest absolute Gasteiger partial charge is 0.131 e. The summed E-state index contributed by atoms with van der Waals surface area (Å²) in [5.41, 5.74) is 2.20. The average Bonchev–Trinajstić information content (AvgIpc) is 2.43. The molecule has 1 aromatic heterocycles. The lowest BCUT2D eigenvalue weighted by molar-refractivity contribution is 0.208. The van der Waals surface area contributed by atoms with Crippen LogP contribution in [0, 0.1) is 12.8 Å². The Balaban J connectivity index is 1.91. The Kier molecular flexibility index (Phi) is 4.16. The van der Waals surface area contributed by atoms with Gasteiger partial charge in [-0.05, 0) is 32.7 Å². The molecule has 1 aliphatic carbocycles. The number of hydrogen-bond donors (Lipinski definition) is 0. The molecular formula is C12H19BrClN3. The Bertz CT molecular complexity index is 399. The molecule has 1 heterocycles. The molecule has 0 amide bonds. The average molecular weight is 321 g/mol. The van der Waals surface area contributed by atoms with Crippen LogP contribution in [0.25, 0.3) is 0 Å². The van der Waals surface area contributed by atoms with Gasteiger partial charge >= 0.3 is 0 Å². The number of aryl methyl sites for hydroxylation is 2. The predicted octanol–water partition coefficient (Wildman–Crippen LogP) is 2.99. The van der Waals surface area contributed by atoms with Gasteiger partial charge in [0.1, 0.15) is 5.15 Å². The van der Waals surface area contributed by atoms with Gasteiger partial charge in [-0.2, -0.15) is 5.10 Å². The van der Waals surface area contributed by atoms with E-state index in [0.717, 1.165) is 40.2 Å². The summed E-state index contributed by atoms with van der Waals surface area (Å²) < 4.78 is 1.75. The molecule has 5 heteroatoms. The summed E-state index contributed by atoms with van der Waals surface area (Å²) in [5.74, 6) is 0.833. The lowest BCUT2D eigenvalue weighted by atomic mass is 9.85. The summed E-state index contributed by atoms with van der Waals surface area (Å²) in [5, 5.41) is 5.10. The van der Waals surface area contributed by atoms with Crippen molar-refractivity contribution in [2.24, 2.45) is 13.0 Å². The van der Waals surface area contributed by atoms with E-state index in [9.17, 15) is 0 Å². The molecule has 17 heavy (non-hydrogen) atoms. The first-order valence-corrected chi connectivity index (χ1v) is 7.27. The van der Waals surface area contributed by atoms with Gasteiger partial charge in [0, 0.05) is 30.5 Å². The summed E-state index contributed by atoms with van der Waals surface area (Å²) in [6.07, 6.45) is 2.59. The highest BCUT2D eigenvalue weighted by atomic mass is 79.9. The Hall–Kier alpha value is -0.0600. The van der Waals surface area contributed by atoms with E-state index in [1.165, 1.54) is 12.8 Å². The summed E-state index contributed by atoms with van der Waals surface area (Å²) in [4.78, 5) is 3.09. The van der Waals surface area contributed by atoms with Crippen LogP contribution in [0.4, 0.5) is 0 Å². The summed E-state index contributed by atoms with van der Waals surface area (Å²) in [6, 6.07) is 0. The van der Waals surface area contributed by atoms with Crippen molar-refractivity contribution >= 4 is 27.5 Å². The van der Waals surface area contributed by atoms with E-state index in [4.69, 9.17) is 11.6 Å². The minimum absolute atomic E-state index is 0.740. The molecule has 0 N–H and O–H groups in total. The molecule has 1 aromatic rings. The minimum atomic E-state index is 0.740. The first-order chi connectivity index (χ1) is 7.97. The lowest BCUT2D eigenvalue weighted by Crippen LogP contribution is -2.34. The van der Waals surface area contributed by atoms with Crippen LogP contribution in [0.5, 0.6) is 0 Å². The van der Waals surface area contributed by atoms with E-state index in [1.54, 1.807) is 4.68 Å². The molecule has 2 rings (SSSR count). The van der Waals surface area contributed by atoms with Crippen LogP contribution in [0.3, 0.4) is 0 Å². The molecule has 1 aliphatic rings. The fourth-order valence-corrected chi connectivity index (χ4v) is 3.72. The summed E-state index contributed by atoms with van der Waals surface area (Å²) in [6.45, 7) is 4.06. The highest BCUT2D eigenvalue weighted by molar-refractivity contribution is 9.09. The molecule has 3 nitrogen and oxygen atoms in total. The molecule has 0 aliphatic heterocycles. The van der Waals surface area contributed by atoms with Gasteiger partial charge in [0.15, 0.2) is 0 Å². The molecule has 0 atom stereocenters. The van der Waals surface area contributed by atoms with Crippen molar-refractivity contribution in [1.82, 2.24) is 14.7 Å². The topological polar surface area (TPSA) is 21.1 Å². The molecule has 0 bridgehead atoms.